The number of benzene rings is 2. The Balaban J connectivity index is 1.92. The van der Waals surface area contributed by atoms with Crippen molar-refractivity contribution in [2.24, 2.45) is 0 Å². The van der Waals surface area contributed by atoms with Crippen LogP contribution in [0.2, 0.25) is 0 Å². The predicted molar refractivity (Wildman–Crippen MR) is 114 cm³/mol. The first kappa shape index (κ1) is 22.9. The van der Waals surface area contributed by atoms with Gasteiger partial charge in [0.2, 0.25) is 10.0 Å². The number of ether oxygens (including phenoxy) is 1. The van der Waals surface area contributed by atoms with Gasteiger partial charge in [0.15, 0.2) is 6.10 Å². The number of hydrogen-bond donors (Lipinski definition) is 2. The molecule has 0 heterocycles. The summed E-state index contributed by atoms with van der Waals surface area (Å²) in [6.07, 6.45) is 0.830. The van der Waals surface area contributed by atoms with E-state index in [4.69, 9.17) is 4.74 Å². The molecular weight excluding hydrogens is 388 g/mol. The summed E-state index contributed by atoms with van der Waals surface area (Å²) in [4.78, 5) is 12.1. The predicted octanol–water partition coefficient (Wildman–Crippen LogP) is 3.28. The SMILES string of the molecule is CC(C)NC(=O)[C@@H](C)Oc1ccc(S(=O)(=O)N[C@H](C)CCc2ccccc2)cc1. The number of nitrogens with one attached hydrogen (secondary N) is 2. The molecule has 2 atom stereocenters. The quantitative estimate of drug-likeness (QED) is 0.620. The van der Waals surface area contributed by atoms with Crippen LogP contribution in [-0.2, 0) is 21.2 Å². The number of carbonyl (C=O) groups is 1. The maximum absolute atomic E-state index is 12.6. The van der Waals surface area contributed by atoms with Crippen LogP contribution in [0.25, 0.3) is 0 Å². The van der Waals surface area contributed by atoms with Gasteiger partial charge in [-0.25, -0.2) is 13.1 Å². The van der Waals surface area contributed by atoms with Crippen LogP contribution in [0.5, 0.6) is 5.75 Å². The van der Waals surface area contributed by atoms with Gasteiger partial charge >= 0.3 is 0 Å². The van der Waals surface area contributed by atoms with Crippen LogP contribution in [0.1, 0.15) is 39.7 Å². The fourth-order valence-electron chi connectivity index (χ4n) is 2.78. The third kappa shape index (κ3) is 7.51. The zero-order valence-corrected chi connectivity index (χ0v) is 18.2. The maximum Gasteiger partial charge on any atom is 0.260 e. The van der Waals surface area contributed by atoms with Crippen LogP contribution in [0, 0.1) is 0 Å². The van der Waals surface area contributed by atoms with E-state index < -0.39 is 16.1 Å². The second kappa shape index (κ2) is 10.4. The van der Waals surface area contributed by atoms with E-state index >= 15 is 0 Å². The molecule has 0 unspecified atom stereocenters. The van der Waals surface area contributed by atoms with E-state index in [0.29, 0.717) is 12.2 Å². The van der Waals surface area contributed by atoms with E-state index in [9.17, 15) is 13.2 Å². The van der Waals surface area contributed by atoms with Crippen LogP contribution in [0.3, 0.4) is 0 Å². The molecule has 2 rings (SSSR count). The molecule has 0 aliphatic heterocycles. The Bertz CT molecular complexity index is 881. The second-order valence-corrected chi connectivity index (χ2v) is 9.16. The van der Waals surface area contributed by atoms with E-state index in [-0.39, 0.29) is 22.9 Å². The first-order valence-corrected chi connectivity index (χ1v) is 11.3. The largest absolute Gasteiger partial charge is 0.481 e. The summed E-state index contributed by atoms with van der Waals surface area (Å²) in [5.74, 6) is 0.220. The van der Waals surface area contributed by atoms with Crippen molar-refractivity contribution in [2.75, 3.05) is 0 Å². The third-order valence-corrected chi connectivity index (χ3v) is 5.92. The van der Waals surface area contributed by atoms with E-state index in [0.717, 1.165) is 6.42 Å². The molecule has 0 aliphatic carbocycles. The molecule has 2 N–H and O–H groups in total. The Morgan fingerprint density at radius 3 is 2.17 bits per heavy atom. The lowest BCUT2D eigenvalue weighted by Gasteiger charge is -2.17. The number of sulfonamides is 1. The van der Waals surface area contributed by atoms with Crippen molar-refractivity contribution in [1.29, 1.82) is 0 Å². The summed E-state index contributed by atoms with van der Waals surface area (Å²) in [5, 5.41) is 2.77. The molecule has 158 valence electrons. The highest BCUT2D eigenvalue weighted by atomic mass is 32.2. The molecule has 0 aliphatic rings. The maximum atomic E-state index is 12.6. The van der Waals surface area contributed by atoms with Crippen molar-refractivity contribution >= 4 is 15.9 Å². The van der Waals surface area contributed by atoms with Gasteiger partial charge in [0.05, 0.1) is 4.90 Å². The minimum Gasteiger partial charge on any atom is -0.481 e. The average molecular weight is 419 g/mol. The van der Waals surface area contributed by atoms with E-state index in [1.165, 1.54) is 17.7 Å². The minimum atomic E-state index is -3.63. The summed E-state index contributed by atoms with van der Waals surface area (Å²) in [5.41, 5.74) is 1.18. The number of aryl methyl sites for hydroxylation is 1. The van der Waals surface area contributed by atoms with Crippen molar-refractivity contribution < 1.29 is 17.9 Å². The number of carbonyl (C=O) groups excluding carboxylic acids is 1. The summed E-state index contributed by atoms with van der Waals surface area (Å²) >= 11 is 0. The van der Waals surface area contributed by atoms with Gasteiger partial charge in [0, 0.05) is 12.1 Å². The van der Waals surface area contributed by atoms with Gasteiger partial charge in [-0.2, -0.15) is 0 Å². The second-order valence-electron chi connectivity index (χ2n) is 7.44. The molecule has 0 bridgehead atoms. The monoisotopic (exact) mass is 418 g/mol. The molecule has 0 fully saturated rings. The van der Waals surface area contributed by atoms with E-state index in [2.05, 4.69) is 10.0 Å². The molecule has 0 spiro atoms. The van der Waals surface area contributed by atoms with Crippen LogP contribution < -0.4 is 14.8 Å². The summed E-state index contributed by atoms with van der Waals surface area (Å²) < 4.78 is 33.5. The highest BCUT2D eigenvalue weighted by Crippen LogP contribution is 2.18. The lowest BCUT2D eigenvalue weighted by Crippen LogP contribution is -2.40. The van der Waals surface area contributed by atoms with Crippen LogP contribution in [0.4, 0.5) is 0 Å². The third-order valence-electron chi connectivity index (χ3n) is 4.31. The molecule has 0 saturated carbocycles. The molecule has 0 aromatic heterocycles. The van der Waals surface area contributed by atoms with E-state index in [1.54, 1.807) is 19.1 Å². The van der Waals surface area contributed by atoms with Gasteiger partial charge in [0.25, 0.3) is 5.91 Å². The topological polar surface area (TPSA) is 84.5 Å². The smallest absolute Gasteiger partial charge is 0.260 e. The Morgan fingerprint density at radius 2 is 1.59 bits per heavy atom. The minimum absolute atomic E-state index is 0.0241. The number of amides is 1. The molecule has 6 nitrogen and oxygen atoms in total. The standard InChI is InChI=1S/C22H30N2O4S/c1-16(2)23-22(25)18(4)28-20-12-14-21(15-13-20)29(26,27)24-17(3)10-11-19-8-6-5-7-9-19/h5-9,12-18,24H,10-11H2,1-4H3,(H,23,25)/t17-,18-/m1/s1. The number of hydrogen-bond acceptors (Lipinski definition) is 4. The Hall–Kier alpha value is -2.38. The highest BCUT2D eigenvalue weighted by molar-refractivity contribution is 7.89. The highest BCUT2D eigenvalue weighted by Gasteiger charge is 2.19. The average Bonchev–Trinajstić information content (AvgIpc) is 2.66. The summed E-state index contributed by atoms with van der Waals surface area (Å²) in [6.45, 7) is 7.25. The zero-order valence-electron chi connectivity index (χ0n) is 17.4. The van der Waals surface area contributed by atoms with Crippen molar-refractivity contribution in [3.8, 4) is 5.75 Å². The van der Waals surface area contributed by atoms with Gasteiger partial charge in [-0.3, -0.25) is 4.79 Å². The van der Waals surface area contributed by atoms with Gasteiger partial charge in [-0.1, -0.05) is 30.3 Å². The van der Waals surface area contributed by atoms with Gasteiger partial charge in [0.1, 0.15) is 5.75 Å². The fourth-order valence-corrected chi connectivity index (χ4v) is 4.05. The molecule has 29 heavy (non-hydrogen) atoms. The van der Waals surface area contributed by atoms with Gasteiger partial charge < -0.3 is 10.1 Å². The first-order chi connectivity index (χ1) is 13.7. The molecule has 2 aromatic carbocycles. The van der Waals surface area contributed by atoms with Gasteiger partial charge in [-0.15, -0.1) is 0 Å². The molecule has 2 aromatic rings. The van der Waals surface area contributed by atoms with E-state index in [1.807, 2.05) is 51.1 Å². The van der Waals surface area contributed by atoms with Gasteiger partial charge in [-0.05, 0) is 70.4 Å². The van der Waals surface area contributed by atoms with Crippen molar-refractivity contribution in [3.63, 3.8) is 0 Å². The number of rotatable bonds is 10. The lowest BCUT2D eigenvalue weighted by atomic mass is 10.1. The first-order valence-electron chi connectivity index (χ1n) is 9.80. The molecule has 0 radical (unpaired) electrons. The van der Waals surface area contributed by atoms with Crippen molar-refractivity contribution in [3.05, 3.63) is 60.2 Å². The van der Waals surface area contributed by atoms with Crippen molar-refractivity contribution in [1.82, 2.24) is 10.0 Å². The Morgan fingerprint density at radius 1 is 0.966 bits per heavy atom. The molecule has 1 amide bonds. The Labute approximate surface area is 173 Å². The normalized spacial score (nSPS) is 13.7. The van der Waals surface area contributed by atoms with Crippen LogP contribution >= 0.6 is 0 Å². The lowest BCUT2D eigenvalue weighted by molar-refractivity contribution is -0.127. The van der Waals surface area contributed by atoms with Crippen LogP contribution in [0.15, 0.2) is 59.5 Å². The molecule has 0 saturated heterocycles. The Kier molecular flexibility index (Phi) is 8.22. The van der Waals surface area contributed by atoms with Crippen LogP contribution in [-0.4, -0.2) is 32.5 Å². The summed E-state index contributed by atoms with van der Waals surface area (Å²) in [7, 11) is -3.63. The molecule has 7 heteroatoms. The molecular formula is C22H30N2O4S. The van der Waals surface area contributed by atoms with Crippen molar-refractivity contribution in [2.45, 2.75) is 63.6 Å². The fraction of sp³-hybridized carbons (Fsp3) is 0.409. The summed E-state index contributed by atoms with van der Waals surface area (Å²) in [6, 6.07) is 15.9. The zero-order chi connectivity index (χ0) is 21.4.